The minimum atomic E-state index is -0.0627. The lowest BCUT2D eigenvalue weighted by Gasteiger charge is -2.36. The monoisotopic (exact) mass is 229 g/mol. The van der Waals surface area contributed by atoms with Gasteiger partial charge in [-0.15, -0.1) is 0 Å². The van der Waals surface area contributed by atoms with Crippen LogP contribution in [0.3, 0.4) is 0 Å². The molecule has 0 saturated carbocycles. The largest absolute Gasteiger partial charge is 0.374 e. The van der Waals surface area contributed by atoms with Gasteiger partial charge in [-0.05, 0) is 39.7 Å². The number of ether oxygens (including phenoxy) is 1. The van der Waals surface area contributed by atoms with Crippen molar-refractivity contribution in [1.82, 2.24) is 5.32 Å². The molecule has 2 unspecified atom stereocenters. The molecule has 0 spiro atoms. The molecule has 98 valence electrons. The highest BCUT2D eigenvalue weighted by Crippen LogP contribution is 2.23. The molecule has 0 bridgehead atoms. The molecule has 2 heteroatoms. The van der Waals surface area contributed by atoms with E-state index in [-0.39, 0.29) is 5.60 Å². The van der Waals surface area contributed by atoms with Crippen LogP contribution < -0.4 is 5.32 Å². The maximum Gasteiger partial charge on any atom is 0.0778 e. The van der Waals surface area contributed by atoms with Crippen LogP contribution in [-0.4, -0.2) is 24.8 Å². The van der Waals surface area contributed by atoms with Crippen LogP contribution in [0.5, 0.6) is 0 Å². The van der Waals surface area contributed by atoms with Crippen LogP contribution in [0.1, 0.15) is 60.8 Å². The minimum absolute atomic E-state index is 0.0627. The average Bonchev–Trinajstić information content (AvgIpc) is 2.17. The van der Waals surface area contributed by atoms with Crippen molar-refractivity contribution in [3.63, 3.8) is 0 Å². The van der Waals surface area contributed by atoms with Crippen molar-refractivity contribution in [2.24, 2.45) is 5.92 Å². The summed E-state index contributed by atoms with van der Waals surface area (Å²) < 4.78 is 5.86. The lowest BCUT2D eigenvalue weighted by molar-refractivity contribution is -0.0430. The molecule has 0 aromatic carbocycles. The van der Waals surface area contributed by atoms with Gasteiger partial charge in [0.05, 0.1) is 5.60 Å². The van der Waals surface area contributed by atoms with Crippen LogP contribution in [0.4, 0.5) is 0 Å². The second-order valence-corrected chi connectivity index (χ2v) is 5.28. The van der Waals surface area contributed by atoms with Gasteiger partial charge in [-0.3, -0.25) is 0 Å². The first kappa shape index (κ1) is 15.9. The van der Waals surface area contributed by atoms with Crippen LogP contribution in [0, 0.1) is 5.92 Å². The smallest absolute Gasteiger partial charge is 0.0778 e. The second kappa shape index (κ2) is 8.08. The van der Waals surface area contributed by atoms with Gasteiger partial charge in [0.25, 0.3) is 0 Å². The van der Waals surface area contributed by atoms with Crippen molar-refractivity contribution in [2.45, 2.75) is 72.4 Å². The van der Waals surface area contributed by atoms with Crippen molar-refractivity contribution in [2.75, 3.05) is 13.2 Å². The predicted octanol–water partition coefficient (Wildman–Crippen LogP) is 3.61. The first-order chi connectivity index (χ1) is 7.47. The Labute approximate surface area is 102 Å². The Morgan fingerprint density at radius 3 is 2.25 bits per heavy atom. The highest BCUT2D eigenvalue weighted by atomic mass is 16.5. The topological polar surface area (TPSA) is 21.3 Å². The summed E-state index contributed by atoms with van der Waals surface area (Å²) in [5.74, 6) is 0.772. The van der Waals surface area contributed by atoms with E-state index in [2.05, 4.69) is 46.9 Å². The standard InChI is InChI=1S/C14H31NO/c1-7-10-12(4)11-13(15-8-2)14(5,6)16-9-3/h12-13,15H,7-11H2,1-6H3. The summed E-state index contributed by atoms with van der Waals surface area (Å²) in [6.45, 7) is 15.0. The van der Waals surface area contributed by atoms with Crippen LogP contribution in [0.2, 0.25) is 0 Å². The number of rotatable bonds is 9. The van der Waals surface area contributed by atoms with Crippen molar-refractivity contribution >= 4 is 0 Å². The molecule has 0 heterocycles. The van der Waals surface area contributed by atoms with Gasteiger partial charge in [0.15, 0.2) is 0 Å². The third kappa shape index (κ3) is 5.86. The Balaban J connectivity index is 4.34. The van der Waals surface area contributed by atoms with E-state index in [0.717, 1.165) is 19.1 Å². The maximum atomic E-state index is 5.86. The third-order valence-corrected chi connectivity index (χ3v) is 3.23. The van der Waals surface area contributed by atoms with E-state index in [4.69, 9.17) is 4.74 Å². The molecule has 0 saturated heterocycles. The molecule has 2 nitrogen and oxygen atoms in total. The molecule has 0 aromatic rings. The van der Waals surface area contributed by atoms with Crippen LogP contribution in [0.25, 0.3) is 0 Å². The molecule has 0 aliphatic carbocycles. The fraction of sp³-hybridized carbons (Fsp3) is 1.00. The molecular formula is C14H31NO. The highest BCUT2D eigenvalue weighted by molar-refractivity contribution is 4.86. The quantitative estimate of drug-likeness (QED) is 0.652. The summed E-state index contributed by atoms with van der Waals surface area (Å²) in [4.78, 5) is 0. The van der Waals surface area contributed by atoms with E-state index in [1.165, 1.54) is 19.3 Å². The summed E-state index contributed by atoms with van der Waals surface area (Å²) >= 11 is 0. The minimum Gasteiger partial charge on any atom is -0.374 e. The lowest BCUT2D eigenvalue weighted by atomic mass is 9.88. The van der Waals surface area contributed by atoms with Gasteiger partial charge >= 0.3 is 0 Å². The van der Waals surface area contributed by atoms with Crippen molar-refractivity contribution < 1.29 is 4.74 Å². The van der Waals surface area contributed by atoms with E-state index in [0.29, 0.717) is 6.04 Å². The first-order valence-corrected chi connectivity index (χ1v) is 6.85. The molecule has 16 heavy (non-hydrogen) atoms. The van der Waals surface area contributed by atoms with Gasteiger partial charge in [-0.1, -0.05) is 33.6 Å². The van der Waals surface area contributed by atoms with Crippen molar-refractivity contribution in [3.8, 4) is 0 Å². The molecule has 0 rings (SSSR count). The highest BCUT2D eigenvalue weighted by Gasteiger charge is 2.30. The summed E-state index contributed by atoms with van der Waals surface area (Å²) in [5, 5.41) is 3.57. The Kier molecular flexibility index (Phi) is 8.04. The molecule has 0 amide bonds. The lowest BCUT2D eigenvalue weighted by Crippen LogP contribution is -2.49. The SMILES string of the molecule is CCCC(C)CC(NCC)C(C)(C)OCC. The van der Waals surface area contributed by atoms with E-state index >= 15 is 0 Å². The normalized spacial score (nSPS) is 16.1. The Hall–Kier alpha value is -0.0800. The fourth-order valence-electron chi connectivity index (χ4n) is 2.34. The molecule has 1 N–H and O–H groups in total. The maximum absolute atomic E-state index is 5.86. The molecule has 0 aliphatic heterocycles. The molecule has 2 atom stereocenters. The van der Waals surface area contributed by atoms with Crippen LogP contribution in [0.15, 0.2) is 0 Å². The Bertz CT molecular complexity index is 168. The summed E-state index contributed by atoms with van der Waals surface area (Å²) in [6, 6.07) is 0.457. The zero-order chi connectivity index (χ0) is 12.6. The zero-order valence-electron chi connectivity index (χ0n) is 12.1. The molecular weight excluding hydrogens is 198 g/mol. The van der Waals surface area contributed by atoms with E-state index in [1.54, 1.807) is 0 Å². The van der Waals surface area contributed by atoms with Crippen molar-refractivity contribution in [1.29, 1.82) is 0 Å². The number of hydrogen-bond donors (Lipinski definition) is 1. The number of nitrogens with one attached hydrogen (secondary N) is 1. The first-order valence-electron chi connectivity index (χ1n) is 6.85. The van der Waals surface area contributed by atoms with E-state index in [1.807, 2.05) is 0 Å². The molecule has 0 aliphatic rings. The van der Waals surface area contributed by atoms with Crippen molar-refractivity contribution in [3.05, 3.63) is 0 Å². The number of hydrogen-bond acceptors (Lipinski definition) is 2. The van der Waals surface area contributed by atoms with Crippen LogP contribution in [-0.2, 0) is 4.74 Å². The summed E-state index contributed by atoms with van der Waals surface area (Å²) in [7, 11) is 0. The Morgan fingerprint density at radius 2 is 1.81 bits per heavy atom. The second-order valence-electron chi connectivity index (χ2n) is 5.28. The van der Waals surface area contributed by atoms with Gasteiger partial charge in [0.2, 0.25) is 0 Å². The average molecular weight is 229 g/mol. The van der Waals surface area contributed by atoms with E-state index < -0.39 is 0 Å². The molecule has 0 aromatic heterocycles. The van der Waals surface area contributed by atoms with E-state index in [9.17, 15) is 0 Å². The molecule has 0 fully saturated rings. The fourth-order valence-corrected chi connectivity index (χ4v) is 2.34. The van der Waals surface area contributed by atoms with Gasteiger partial charge < -0.3 is 10.1 Å². The van der Waals surface area contributed by atoms with Gasteiger partial charge in [0, 0.05) is 12.6 Å². The molecule has 0 radical (unpaired) electrons. The zero-order valence-corrected chi connectivity index (χ0v) is 12.1. The summed E-state index contributed by atoms with van der Waals surface area (Å²) in [5.41, 5.74) is -0.0627. The number of likely N-dealkylation sites (N-methyl/N-ethyl adjacent to an activating group) is 1. The van der Waals surface area contributed by atoms with Crippen LogP contribution >= 0.6 is 0 Å². The Morgan fingerprint density at radius 1 is 1.19 bits per heavy atom. The predicted molar refractivity (Wildman–Crippen MR) is 71.9 cm³/mol. The summed E-state index contributed by atoms with van der Waals surface area (Å²) in [6.07, 6.45) is 3.79. The van der Waals surface area contributed by atoms with Gasteiger partial charge in [-0.25, -0.2) is 0 Å². The van der Waals surface area contributed by atoms with Gasteiger partial charge in [-0.2, -0.15) is 0 Å². The van der Waals surface area contributed by atoms with Gasteiger partial charge in [0.1, 0.15) is 0 Å². The third-order valence-electron chi connectivity index (χ3n) is 3.23.